The smallest absolute Gasteiger partial charge is 0.419 e. The lowest BCUT2D eigenvalue weighted by Gasteiger charge is -2.18. The number of carboxylic acids is 1. The van der Waals surface area contributed by atoms with Crippen molar-refractivity contribution in [3.8, 4) is 0 Å². The molecule has 1 aromatic rings. The lowest BCUT2D eigenvalue weighted by atomic mass is 9.89. The zero-order valence-corrected chi connectivity index (χ0v) is 11.2. The summed E-state index contributed by atoms with van der Waals surface area (Å²) < 4.78 is 50.6. The number of anilines is 1. The van der Waals surface area contributed by atoms with Gasteiger partial charge in [-0.1, -0.05) is 0 Å². The van der Waals surface area contributed by atoms with Crippen molar-refractivity contribution < 1.29 is 32.3 Å². The second kappa shape index (κ2) is 5.71. The van der Waals surface area contributed by atoms with Crippen LogP contribution in [0.3, 0.4) is 0 Å². The van der Waals surface area contributed by atoms with Crippen molar-refractivity contribution in [2.45, 2.75) is 26.4 Å². The number of rotatable bonds is 4. The van der Waals surface area contributed by atoms with Gasteiger partial charge in [-0.05, 0) is 32.0 Å². The van der Waals surface area contributed by atoms with Crippen molar-refractivity contribution >= 4 is 17.6 Å². The van der Waals surface area contributed by atoms with Crippen molar-refractivity contribution in [2.24, 2.45) is 5.41 Å². The minimum Gasteiger partial charge on any atom is -0.481 e. The van der Waals surface area contributed by atoms with Gasteiger partial charge in [0.15, 0.2) is 0 Å². The van der Waals surface area contributed by atoms with Crippen molar-refractivity contribution in [3.05, 3.63) is 29.6 Å². The summed E-state index contributed by atoms with van der Waals surface area (Å²) in [5, 5.41) is 11.0. The van der Waals surface area contributed by atoms with Crippen LogP contribution in [0, 0.1) is 11.2 Å². The second-order valence-corrected chi connectivity index (χ2v) is 5.11. The molecule has 21 heavy (non-hydrogen) atoms. The molecule has 0 radical (unpaired) electrons. The Morgan fingerprint density at radius 3 is 2.29 bits per heavy atom. The van der Waals surface area contributed by atoms with E-state index in [1.807, 2.05) is 0 Å². The number of carboxylic acid groups (broad SMARTS) is 1. The van der Waals surface area contributed by atoms with Gasteiger partial charge in [-0.3, -0.25) is 9.59 Å². The van der Waals surface area contributed by atoms with Crippen LogP contribution in [0.2, 0.25) is 0 Å². The fourth-order valence-electron chi connectivity index (χ4n) is 1.50. The number of alkyl halides is 3. The van der Waals surface area contributed by atoms with E-state index in [2.05, 4.69) is 5.32 Å². The van der Waals surface area contributed by atoms with Crippen LogP contribution in [-0.4, -0.2) is 17.0 Å². The third-order valence-electron chi connectivity index (χ3n) is 2.74. The van der Waals surface area contributed by atoms with Gasteiger partial charge in [0.2, 0.25) is 5.91 Å². The van der Waals surface area contributed by atoms with Gasteiger partial charge in [0.1, 0.15) is 5.82 Å². The molecule has 0 spiro atoms. The molecule has 0 saturated heterocycles. The van der Waals surface area contributed by atoms with Crippen LogP contribution in [0.25, 0.3) is 0 Å². The van der Waals surface area contributed by atoms with Crippen molar-refractivity contribution in [1.82, 2.24) is 0 Å². The Hall–Kier alpha value is -2.12. The van der Waals surface area contributed by atoms with Crippen LogP contribution in [0.15, 0.2) is 18.2 Å². The molecule has 116 valence electrons. The lowest BCUT2D eigenvalue weighted by molar-refractivity contribution is -0.149. The molecule has 0 saturated carbocycles. The van der Waals surface area contributed by atoms with Crippen LogP contribution in [0.1, 0.15) is 25.8 Å². The molecule has 0 aliphatic heterocycles. The Bertz CT molecular complexity index is 567. The third-order valence-corrected chi connectivity index (χ3v) is 2.74. The Labute approximate surface area is 117 Å². The summed E-state index contributed by atoms with van der Waals surface area (Å²) in [6, 6.07) is 2.01. The summed E-state index contributed by atoms with van der Waals surface area (Å²) in [6.07, 6.45) is -5.31. The summed E-state index contributed by atoms with van der Waals surface area (Å²) in [6.45, 7) is 2.61. The van der Waals surface area contributed by atoms with Gasteiger partial charge in [0, 0.05) is 12.1 Å². The average molecular weight is 307 g/mol. The molecule has 0 aromatic heterocycles. The largest absolute Gasteiger partial charge is 0.481 e. The molecule has 0 aliphatic carbocycles. The van der Waals surface area contributed by atoms with Crippen LogP contribution in [0.5, 0.6) is 0 Å². The lowest BCUT2D eigenvalue weighted by Crippen LogP contribution is -2.29. The van der Waals surface area contributed by atoms with E-state index in [0.29, 0.717) is 12.1 Å². The van der Waals surface area contributed by atoms with Gasteiger partial charge in [-0.25, -0.2) is 4.39 Å². The first kappa shape index (κ1) is 16.9. The fourth-order valence-corrected chi connectivity index (χ4v) is 1.50. The summed E-state index contributed by atoms with van der Waals surface area (Å²) in [7, 11) is 0. The monoisotopic (exact) mass is 307 g/mol. The molecule has 2 N–H and O–H groups in total. The fraction of sp³-hybridized carbons (Fsp3) is 0.385. The number of carbonyl (C=O) groups excluding carboxylic acids is 1. The van der Waals surface area contributed by atoms with Gasteiger partial charge in [0.25, 0.3) is 0 Å². The topological polar surface area (TPSA) is 66.4 Å². The molecule has 1 amide bonds. The quantitative estimate of drug-likeness (QED) is 0.839. The van der Waals surface area contributed by atoms with Gasteiger partial charge in [-0.2, -0.15) is 13.2 Å². The summed E-state index contributed by atoms with van der Waals surface area (Å²) >= 11 is 0. The maximum Gasteiger partial charge on any atom is 0.419 e. The molecule has 4 nitrogen and oxygen atoms in total. The predicted molar refractivity (Wildman–Crippen MR) is 66.1 cm³/mol. The second-order valence-electron chi connectivity index (χ2n) is 5.11. The normalized spacial score (nSPS) is 12.1. The first-order chi connectivity index (χ1) is 9.43. The third kappa shape index (κ3) is 4.44. The number of aliphatic carboxylic acids is 1. The predicted octanol–water partition coefficient (Wildman–Crippen LogP) is 3.28. The Balaban J connectivity index is 2.90. The number of hydrogen-bond donors (Lipinski definition) is 2. The van der Waals surface area contributed by atoms with E-state index in [0.717, 1.165) is 6.07 Å². The van der Waals surface area contributed by atoms with Crippen molar-refractivity contribution in [3.63, 3.8) is 0 Å². The van der Waals surface area contributed by atoms with E-state index >= 15 is 0 Å². The van der Waals surface area contributed by atoms with Gasteiger partial charge in [0.05, 0.1) is 11.0 Å². The van der Waals surface area contributed by atoms with E-state index in [-0.39, 0.29) is 5.69 Å². The first-order valence-electron chi connectivity index (χ1n) is 5.83. The molecule has 1 rings (SSSR count). The van der Waals surface area contributed by atoms with Crippen LogP contribution in [0.4, 0.5) is 23.2 Å². The summed E-state index contributed by atoms with van der Waals surface area (Å²) in [4.78, 5) is 22.5. The highest BCUT2D eigenvalue weighted by atomic mass is 19.4. The van der Waals surface area contributed by atoms with E-state index < -0.39 is 41.3 Å². The zero-order chi connectivity index (χ0) is 16.4. The number of benzene rings is 1. The number of hydrogen-bond acceptors (Lipinski definition) is 2. The molecule has 0 bridgehead atoms. The number of carbonyl (C=O) groups is 2. The SMILES string of the molecule is CC(C)(CC(=O)Nc1ccc(F)c(C(F)(F)F)c1)C(=O)O. The molecular formula is C13H13F4NO3. The molecule has 0 aliphatic rings. The average Bonchev–Trinajstić information content (AvgIpc) is 2.29. The Kier molecular flexibility index (Phi) is 4.60. The first-order valence-corrected chi connectivity index (χ1v) is 5.83. The van der Waals surface area contributed by atoms with E-state index in [1.165, 1.54) is 13.8 Å². The summed E-state index contributed by atoms with van der Waals surface area (Å²) in [5.74, 6) is -3.44. The molecule has 0 heterocycles. The number of nitrogens with one attached hydrogen (secondary N) is 1. The van der Waals surface area contributed by atoms with E-state index in [1.54, 1.807) is 0 Å². The molecule has 0 fully saturated rings. The maximum absolute atomic E-state index is 13.1. The number of halogens is 4. The van der Waals surface area contributed by atoms with Crippen LogP contribution in [-0.2, 0) is 15.8 Å². The minimum atomic E-state index is -4.88. The minimum absolute atomic E-state index is 0.255. The highest BCUT2D eigenvalue weighted by Gasteiger charge is 2.35. The zero-order valence-electron chi connectivity index (χ0n) is 11.2. The Morgan fingerprint density at radius 1 is 1.24 bits per heavy atom. The highest BCUT2D eigenvalue weighted by molar-refractivity contribution is 5.94. The molecular weight excluding hydrogens is 294 g/mol. The van der Waals surface area contributed by atoms with E-state index in [9.17, 15) is 27.2 Å². The number of amides is 1. The van der Waals surface area contributed by atoms with Crippen molar-refractivity contribution in [1.29, 1.82) is 0 Å². The maximum atomic E-state index is 13.1. The highest BCUT2D eigenvalue weighted by Crippen LogP contribution is 2.33. The van der Waals surface area contributed by atoms with Crippen LogP contribution < -0.4 is 5.32 Å². The van der Waals surface area contributed by atoms with E-state index in [4.69, 9.17) is 5.11 Å². The molecule has 8 heteroatoms. The van der Waals surface area contributed by atoms with Crippen LogP contribution >= 0.6 is 0 Å². The van der Waals surface area contributed by atoms with Gasteiger partial charge in [-0.15, -0.1) is 0 Å². The Morgan fingerprint density at radius 2 is 1.81 bits per heavy atom. The molecule has 0 atom stereocenters. The van der Waals surface area contributed by atoms with Crippen molar-refractivity contribution in [2.75, 3.05) is 5.32 Å². The standard InChI is InChI=1S/C13H13F4NO3/c1-12(2,11(20)21)6-10(19)18-7-3-4-9(14)8(5-7)13(15,16)17/h3-5H,6H2,1-2H3,(H,18,19)(H,20,21). The molecule has 1 aromatic carbocycles. The molecule has 0 unspecified atom stereocenters. The van der Waals surface area contributed by atoms with Gasteiger partial charge < -0.3 is 10.4 Å². The van der Waals surface area contributed by atoms with Gasteiger partial charge >= 0.3 is 12.1 Å². The summed E-state index contributed by atoms with van der Waals surface area (Å²) in [5.41, 5.74) is -3.12.